The summed E-state index contributed by atoms with van der Waals surface area (Å²) in [6, 6.07) is 12.9. The number of aryl methyl sites for hydroxylation is 1. The summed E-state index contributed by atoms with van der Waals surface area (Å²) in [5.41, 5.74) is 1.87. The fourth-order valence-electron chi connectivity index (χ4n) is 2.01. The number of halogens is 2. The highest BCUT2D eigenvalue weighted by molar-refractivity contribution is 6.30. The van der Waals surface area contributed by atoms with Gasteiger partial charge >= 0.3 is 0 Å². The van der Waals surface area contributed by atoms with E-state index in [1.165, 1.54) is 0 Å². The molecule has 0 saturated heterocycles. The Labute approximate surface area is 138 Å². The van der Waals surface area contributed by atoms with E-state index in [4.69, 9.17) is 27.9 Å². The normalized spacial score (nSPS) is 10.7. The number of hydrogen-bond donors (Lipinski definition) is 1. The lowest BCUT2D eigenvalue weighted by molar-refractivity contribution is 0.294. The van der Waals surface area contributed by atoms with Crippen molar-refractivity contribution in [2.75, 3.05) is 0 Å². The van der Waals surface area contributed by atoms with Gasteiger partial charge in [-0.1, -0.05) is 23.2 Å². The molecule has 3 aromatic rings. The highest BCUT2D eigenvalue weighted by Crippen LogP contribution is 2.23. The zero-order valence-corrected chi connectivity index (χ0v) is 13.3. The van der Waals surface area contributed by atoms with E-state index in [2.05, 4.69) is 15.2 Å². The summed E-state index contributed by atoms with van der Waals surface area (Å²) in [7, 11) is 0. The zero-order chi connectivity index (χ0) is 15.5. The number of hydrogen-bond acceptors (Lipinski definition) is 3. The van der Waals surface area contributed by atoms with Crippen LogP contribution in [0.15, 0.2) is 42.5 Å². The number of nitrogens with one attached hydrogen (secondary N) is 1. The molecule has 3 rings (SSSR count). The van der Waals surface area contributed by atoms with Gasteiger partial charge in [0.15, 0.2) is 11.6 Å². The monoisotopic (exact) mass is 333 g/mol. The topological polar surface area (TPSA) is 50.8 Å². The lowest BCUT2D eigenvalue weighted by atomic mass is 10.2. The molecule has 22 heavy (non-hydrogen) atoms. The number of rotatable bonds is 4. The third-order valence-electron chi connectivity index (χ3n) is 3.14. The van der Waals surface area contributed by atoms with Gasteiger partial charge < -0.3 is 4.74 Å². The average molecular weight is 334 g/mol. The molecule has 0 radical (unpaired) electrons. The van der Waals surface area contributed by atoms with Crippen molar-refractivity contribution >= 4 is 23.2 Å². The Bertz CT molecular complexity index is 784. The fourth-order valence-corrected chi connectivity index (χ4v) is 2.36. The van der Waals surface area contributed by atoms with E-state index >= 15 is 0 Å². The molecule has 1 aromatic heterocycles. The first-order chi connectivity index (χ1) is 10.6. The molecule has 0 aliphatic heterocycles. The molecule has 0 saturated carbocycles. The summed E-state index contributed by atoms with van der Waals surface area (Å²) in [6.45, 7) is 2.25. The third-order valence-corrected chi connectivity index (χ3v) is 3.62. The zero-order valence-electron chi connectivity index (χ0n) is 11.8. The number of aromatic amines is 1. The Kier molecular flexibility index (Phi) is 4.32. The van der Waals surface area contributed by atoms with Gasteiger partial charge in [0.05, 0.1) is 0 Å². The van der Waals surface area contributed by atoms with Crippen LogP contribution in [0.2, 0.25) is 10.0 Å². The minimum absolute atomic E-state index is 0.309. The van der Waals surface area contributed by atoms with Gasteiger partial charge in [0.2, 0.25) is 0 Å². The van der Waals surface area contributed by atoms with Gasteiger partial charge in [-0.2, -0.15) is 5.10 Å². The van der Waals surface area contributed by atoms with Crippen LogP contribution in [0.4, 0.5) is 0 Å². The first kappa shape index (κ1) is 14.9. The smallest absolute Gasteiger partial charge is 0.181 e. The number of ether oxygens (including phenoxy) is 1. The summed E-state index contributed by atoms with van der Waals surface area (Å²) < 4.78 is 5.73. The van der Waals surface area contributed by atoms with Crippen LogP contribution >= 0.6 is 23.2 Å². The van der Waals surface area contributed by atoms with E-state index in [-0.39, 0.29) is 0 Å². The average Bonchev–Trinajstić information content (AvgIpc) is 2.96. The lowest BCUT2D eigenvalue weighted by Crippen LogP contribution is -1.99. The quantitative estimate of drug-likeness (QED) is 0.754. The highest BCUT2D eigenvalue weighted by atomic mass is 35.5. The minimum atomic E-state index is 0.309. The first-order valence-electron chi connectivity index (χ1n) is 6.68. The first-order valence-corrected chi connectivity index (χ1v) is 7.43. The molecule has 6 heteroatoms. The van der Waals surface area contributed by atoms with Crippen molar-refractivity contribution in [1.82, 2.24) is 15.2 Å². The largest absolute Gasteiger partial charge is 0.485 e. The lowest BCUT2D eigenvalue weighted by Gasteiger charge is -2.07. The van der Waals surface area contributed by atoms with Gasteiger partial charge in [-0.15, -0.1) is 0 Å². The Morgan fingerprint density at radius 2 is 1.77 bits per heavy atom. The van der Waals surface area contributed by atoms with Crippen molar-refractivity contribution in [1.29, 1.82) is 0 Å². The molecule has 0 aliphatic carbocycles. The van der Waals surface area contributed by atoms with E-state index in [1.54, 1.807) is 18.2 Å². The molecule has 4 nitrogen and oxygen atoms in total. The number of nitrogens with zero attached hydrogens (tertiary/aromatic N) is 2. The molecular formula is C16H13Cl2N3O. The molecule has 1 heterocycles. The van der Waals surface area contributed by atoms with Crippen LogP contribution in [-0.2, 0) is 6.61 Å². The molecule has 0 spiro atoms. The second kappa shape index (κ2) is 6.38. The Morgan fingerprint density at radius 3 is 2.50 bits per heavy atom. The molecular weight excluding hydrogens is 321 g/mol. The molecule has 2 aromatic carbocycles. The van der Waals surface area contributed by atoms with Crippen LogP contribution in [0.5, 0.6) is 5.75 Å². The van der Waals surface area contributed by atoms with Crippen LogP contribution in [0, 0.1) is 6.92 Å². The van der Waals surface area contributed by atoms with E-state index in [0.29, 0.717) is 28.3 Å². The number of benzene rings is 2. The predicted molar refractivity (Wildman–Crippen MR) is 87.3 cm³/mol. The highest BCUT2D eigenvalue weighted by Gasteiger charge is 2.07. The summed E-state index contributed by atoms with van der Waals surface area (Å²) >= 11 is 11.8. The Balaban J connectivity index is 1.70. The van der Waals surface area contributed by atoms with E-state index in [1.807, 2.05) is 31.2 Å². The maximum atomic E-state index is 5.92. The number of H-pyrrole nitrogens is 1. The summed E-state index contributed by atoms with van der Waals surface area (Å²) in [6.07, 6.45) is 0. The molecule has 112 valence electrons. The van der Waals surface area contributed by atoms with Crippen molar-refractivity contribution in [3.8, 4) is 17.1 Å². The van der Waals surface area contributed by atoms with Crippen LogP contribution in [-0.4, -0.2) is 15.2 Å². The van der Waals surface area contributed by atoms with Crippen LogP contribution in [0.25, 0.3) is 11.4 Å². The van der Waals surface area contributed by atoms with Gasteiger partial charge in [0.25, 0.3) is 0 Å². The standard InChI is InChI=1S/C16H13Cl2N3O/c1-10-8-13(18)6-7-14(10)22-9-15-19-16(21-20-15)11-2-4-12(17)5-3-11/h2-8H,9H2,1H3,(H,19,20,21). The van der Waals surface area contributed by atoms with E-state index < -0.39 is 0 Å². The van der Waals surface area contributed by atoms with E-state index in [9.17, 15) is 0 Å². The van der Waals surface area contributed by atoms with Crippen LogP contribution < -0.4 is 4.74 Å². The molecule has 0 aliphatic rings. The molecule has 1 N–H and O–H groups in total. The predicted octanol–water partition coefficient (Wildman–Crippen LogP) is 4.67. The molecule has 0 atom stereocenters. The second-order valence-corrected chi connectivity index (χ2v) is 5.68. The van der Waals surface area contributed by atoms with Gasteiger partial charge in [0, 0.05) is 15.6 Å². The molecule has 0 unspecified atom stereocenters. The number of aromatic nitrogens is 3. The maximum absolute atomic E-state index is 5.92. The Hall–Kier alpha value is -2.04. The van der Waals surface area contributed by atoms with Crippen LogP contribution in [0.1, 0.15) is 11.4 Å². The van der Waals surface area contributed by atoms with Gasteiger partial charge in [-0.05, 0) is 55.0 Å². The third kappa shape index (κ3) is 3.40. The van der Waals surface area contributed by atoms with Crippen molar-refractivity contribution < 1.29 is 4.74 Å². The molecule has 0 bridgehead atoms. The second-order valence-electron chi connectivity index (χ2n) is 4.81. The SMILES string of the molecule is Cc1cc(Cl)ccc1OCc1nc(-c2ccc(Cl)cc2)n[nH]1. The molecule has 0 fully saturated rings. The molecule has 0 amide bonds. The van der Waals surface area contributed by atoms with Crippen LogP contribution in [0.3, 0.4) is 0 Å². The minimum Gasteiger partial charge on any atom is -0.485 e. The van der Waals surface area contributed by atoms with Crippen molar-refractivity contribution in [3.05, 3.63) is 63.9 Å². The van der Waals surface area contributed by atoms with Crippen molar-refractivity contribution in [3.63, 3.8) is 0 Å². The maximum Gasteiger partial charge on any atom is 0.181 e. The van der Waals surface area contributed by atoms with Gasteiger partial charge in [-0.25, -0.2) is 4.98 Å². The van der Waals surface area contributed by atoms with E-state index in [0.717, 1.165) is 16.9 Å². The summed E-state index contributed by atoms with van der Waals surface area (Å²) in [4.78, 5) is 4.41. The van der Waals surface area contributed by atoms with Gasteiger partial charge in [-0.3, -0.25) is 5.10 Å². The van der Waals surface area contributed by atoms with Gasteiger partial charge in [0.1, 0.15) is 12.4 Å². The van der Waals surface area contributed by atoms with Crippen molar-refractivity contribution in [2.45, 2.75) is 13.5 Å². The Morgan fingerprint density at radius 1 is 1.05 bits per heavy atom. The van der Waals surface area contributed by atoms with Crippen molar-refractivity contribution in [2.24, 2.45) is 0 Å². The summed E-state index contributed by atoms with van der Waals surface area (Å²) in [5, 5.41) is 8.43. The summed E-state index contributed by atoms with van der Waals surface area (Å²) in [5.74, 6) is 2.04. The fraction of sp³-hybridized carbons (Fsp3) is 0.125.